The molecule has 0 bridgehead atoms. The Morgan fingerprint density at radius 2 is 1.93 bits per heavy atom. The fourth-order valence-electron chi connectivity index (χ4n) is 0.628. The van der Waals surface area contributed by atoms with E-state index in [-0.39, 0.29) is 12.5 Å². The monoisotopic (exact) mass is 197 g/mol. The molecule has 0 unspecified atom stereocenters. The average molecular weight is 197 g/mol. The summed E-state index contributed by atoms with van der Waals surface area (Å²) in [6.07, 6.45) is 0. The Balaban J connectivity index is 0.000000255. The minimum Gasteiger partial charge on any atom is -0.508 e. The van der Waals surface area contributed by atoms with Gasteiger partial charge in [-0.15, -0.1) is 0 Å². The number of rotatable bonds is 1. The number of aryl methyl sites for hydroxylation is 1. The predicted octanol–water partition coefficient (Wildman–Crippen LogP) is 0.819. The number of benzene rings is 1. The fraction of sp³-hybridized carbons (Fsp3) is 0.300. The maximum Gasteiger partial charge on any atom is 0.319 e. The molecule has 0 aliphatic heterocycles. The zero-order valence-electron chi connectivity index (χ0n) is 8.36. The third-order valence-electron chi connectivity index (χ3n) is 1.43. The molecule has 0 saturated carbocycles. The van der Waals surface area contributed by atoms with Gasteiger partial charge in [0.05, 0.1) is 13.7 Å². The van der Waals surface area contributed by atoms with Crippen molar-refractivity contribution in [2.75, 3.05) is 13.7 Å². The van der Waals surface area contributed by atoms with Crippen molar-refractivity contribution in [3.63, 3.8) is 0 Å². The third kappa shape index (κ3) is 6.02. The van der Waals surface area contributed by atoms with E-state index in [2.05, 4.69) is 4.74 Å². The summed E-state index contributed by atoms with van der Waals surface area (Å²) < 4.78 is 4.14. The molecule has 14 heavy (non-hydrogen) atoms. The van der Waals surface area contributed by atoms with Gasteiger partial charge < -0.3 is 15.6 Å². The fourth-order valence-corrected chi connectivity index (χ4v) is 0.628. The van der Waals surface area contributed by atoms with Gasteiger partial charge in [0.1, 0.15) is 5.75 Å². The van der Waals surface area contributed by atoms with E-state index in [1.807, 2.05) is 19.1 Å². The summed E-state index contributed by atoms with van der Waals surface area (Å²) in [5, 5.41) is 8.76. The van der Waals surface area contributed by atoms with Gasteiger partial charge in [-0.05, 0) is 19.1 Å². The highest BCUT2D eigenvalue weighted by atomic mass is 16.5. The van der Waals surface area contributed by atoms with Crippen molar-refractivity contribution in [1.82, 2.24) is 0 Å². The number of nitrogens with two attached hydrogens (primary N) is 1. The zero-order chi connectivity index (χ0) is 11.0. The highest BCUT2D eigenvalue weighted by Gasteiger charge is 1.87. The van der Waals surface area contributed by atoms with Crippen molar-refractivity contribution >= 4 is 5.97 Å². The van der Waals surface area contributed by atoms with E-state index >= 15 is 0 Å². The van der Waals surface area contributed by atoms with Crippen LogP contribution in [0.1, 0.15) is 5.56 Å². The molecule has 0 fully saturated rings. The number of phenols is 1. The van der Waals surface area contributed by atoms with Gasteiger partial charge in [-0.1, -0.05) is 17.7 Å². The number of esters is 1. The Bertz CT molecular complexity index is 242. The van der Waals surface area contributed by atoms with Crippen molar-refractivity contribution in [1.29, 1.82) is 0 Å². The van der Waals surface area contributed by atoms with Crippen LogP contribution in [0, 0.1) is 6.92 Å². The normalized spacial score (nSPS) is 8.50. The second-order valence-corrected chi connectivity index (χ2v) is 2.62. The first-order valence-electron chi connectivity index (χ1n) is 4.12. The smallest absolute Gasteiger partial charge is 0.319 e. The second-order valence-electron chi connectivity index (χ2n) is 2.62. The molecule has 1 aromatic rings. The first-order valence-corrected chi connectivity index (χ1v) is 4.12. The van der Waals surface area contributed by atoms with Crippen LogP contribution in [0.4, 0.5) is 0 Å². The summed E-state index contributed by atoms with van der Waals surface area (Å²) in [4.78, 5) is 9.83. The largest absolute Gasteiger partial charge is 0.508 e. The first-order chi connectivity index (χ1) is 6.60. The second kappa shape index (κ2) is 6.91. The number of ether oxygens (including phenoxy) is 1. The van der Waals surface area contributed by atoms with Gasteiger partial charge in [0, 0.05) is 0 Å². The molecule has 1 aromatic carbocycles. The number of carbonyl (C=O) groups is 1. The summed E-state index contributed by atoms with van der Waals surface area (Å²) in [6.45, 7) is 1.95. The lowest BCUT2D eigenvalue weighted by Crippen LogP contribution is -2.14. The number of aromatic hydroxyl groups is 1. The lowest BCUT2D eigenvalue weighted by atomic mass is 10.2. The highest BCUT2D eigenvalue weighted by Crippen LogP contribution is 2.07. The zero-order valence-corrected chi connectivity index (χ0v) is 8.36. The molecular weight excluding hydrogens is 182 g/mol. The topological polar surface area (TPSA) is 72.5 Å². The van der Waals surface area contributed by atoms with Crippen LogP contribution in [-0.4, -0.2) is 24.7 Å². The SMILES string of the molecule is COC(=O)CN.Cc1ccc(O)cc1. The first kappa shape index (κ1) is 12.4. The van der Waals surface area contributed by atoms with Gasteiger partial charge >= 0.3 is 5.97 Å². The molecule has 0 amide bonds. The molecular formula is C10H15NO3. The van der Waals surface area contributed by atoms with E-state index in [0.717, 1.165) is 0 Å². The maximum atomic E-state index is 9.83. The quantitative estimate of drug-likeness (QED) is 0.654. The van der Waals surface area contributed by atoms with E-state index in [1.54, 1.807) is 12.1 Å². The Labute approximate surface area is 83.3 Å². The summed E-state index contributed by atoms with van der Waals surface area (Å²) in [5.74, 6) is -0.0504. The molecule has 0 aliphatic carbocycles. The molecule has 0 spiro atoms. The molecule has 0 radical (unpaired) electrons. The molecule has 4 heteroatoms. The summed E-state index contributed by atoms with van der Waals surface area (Å²) >= 11 is 0. The van der Waals surface area contributed by atoms with Crippen molar-refractivity contribution in [2.45, 2.75) is 6.92 Å². The Hall–Kier alpha value is -1.55. The van der Waals surface area contributed by atoms with Crippen LogP contribution in [0.25, 0.3) is 0 Å². The van der Waals surface area contributed by atoms with E-state index in [0.29, 0.717) is 5.75 Å². The van der Waals surface area contributed by atoms with Crippen LogP contribution in [0.5, 0.6) is 5.75 Å². The van der Waals surface area contributed by atoms with Crippen molar-refractivity contribution in [2.24, 2.45) is 5.73 Å². The molecule has 3 N–H and O–H groups in total. The Morgan fingerprint density at radius 3 is 2.14 bits per heavy atom. The lowest BCUT2D eigenvalue weighted by molar-refractivity contribution is -0.138. The lowest BCUT2D eigenvalue weighted by Gasteiger charge is -1.89. The average Bonchev–Trinajstić information content (AvgIpc) is 2.22. The van der Waals surface area contributed by atoms with Crippen molar-refractivity contribution in [3.8, 4) is 5.75 Å². The minimum absolute atomic E-state index is 0.0312. The van der Waals surface area contributed by atoms with E-state index < -0.39 is 0 Å². The molecule has 4 nitrogen and oxygen atoms in total. The van der Waals surface area contributed by atoms with E-state index in [9.17, 15) is 4.79 Å². The number of methoxy groups -OCH3 is 1. The molecule has 0 saturated heterocycles. The van der Waals surface area contributed by atoms with Crippen LogP contribution in [0.15, 0.2) is 24.3 Å². The number of hydrogen-bond acceptors (Lipinski definition) is 4. The number of carbonyl (C=O) groups excluding carboxylic acids is 1. The van der Waals surface area contributed by atoms with Crippen LogP contribution < -0.4 is 5.73 Å². The molecule has 0 heterocycles. The molecule has 0 aromatic heterocycles. The molecule has 0 atom stereocenters. The maximum absolute atomic E-state index is 9.83. The van der Waals surface area contributed by atoms with Crippen LogP contribution in [-0.2, 0) is 9.53 Å². The number of phenolic OH excluding ortho intramolecular Hbond substituents is 1. The summed E-state index contributed by atoms with van der Waals surface area (Å²) in [5.41, 5.74) is 5.98. The van der Waals surface area contributed by atoms with Gasteiger partial charge in [0.15, 0.2) is 0 Å². The van der Waals surface area contributed by atoms with Crippen LogP contribution in [0.2, 0.25) is 0 Å². The van der Waals surface area contributed by atoms with Crippen LogP contribution >= 0.6 is 0 Å². The van der Waals surface area contributed by atoms with Gasteiger partial charge in [0.25, 0.3) is 0 Å². The summed E-state index contributed by atoms with van der Waals surface area (Å²) in [6, 6.07) is 7.09. The third-order valence-corrected chi connectivity index (χ3v) is 1.43. The highest BCUT2D eigenvalue weighted by molar-refractivity contribution is 5.70. The van der Waals surface area contributed by atoms with Gasteiger partial charge in [-0.2, -0.15) is 0 Å². The standard InChI is InChI=1S/C7H8O.C3H7NO2/c1-6-2-4-7(8)5-3-6;1-6-3(5)2-4/h2-5,8H,1H3;2,4H2,1H3. The Morgan fingerprint density at radius 1 is 1.43 bits per heavy atom. The molecule has 0 aliphatic rings. The van der Waals surface area contributed by atoms with Crippen molar-refractivity contribution in [3.05, 3.63) is 29.8 Å². The summed E-state index contributed by atoms with van der Waals surface area (Å²) in [7, 11) is 1.30. The van der Waals surface area contributed by atoms with Gasteiger partial charge in [-0.3, -0.25) is 4.79 Å². The number of hydrogen-bond donors (Lipinski definition) is 2. The predicted molar refractivity (Wildman–Crippen MR) is 53.9 cm³/mol. The molecule has 78 valence electrons. The van der Waals surface area contributed by atoms with Gasteiger partial charge in [0.2, 0.25) is 0 Å². The molecule has 1 rings (SSSR count). The minimum atomic E-state index is -0.380. The van der Waals surface area contributed by atoms with E-state index in [1.165, 1.54) is 12.7 Å². The van der Waals surface area contributed by atoms with Crippen LogP contribution in [0.3, 0.4) is 0 Å². The van der Waals surface area contributed by atoms with E-state index in [4.69, 9.17) is 10.8 Å². The Kier molecular flexibility index (Phi) is 6.15. The van der Waals surface area contributed by atoms with Crippen molar-refractivity contribution < 1.29 is 14.6 Å². The van der Waals surface area contributed by atoms with Gasteiger partial charge in [-0.25, -0.2) is 0 Å².